The van der Waals surface area contributed by atoms with Gasteiger partial charge in [-0.15, -0.1) is 0 Å². The van der Waals surface area contributed by atoms with Gasteiger partial charge in [-0.05, 0) is 42.9 Å². The van der Waals surface area contributed by atoms with E-state index in [4.69, 9.17) is 4.74 Å². The van der Waals surface area contributed by atoms with E-state index in [1.165, 1.54) is 13.5 Å². The lowest BCUT2D eigenvalue weighted by molar-refractivity contribution is -0.155. The molecule has 3 rings (SSSR count). The molecule has 0 heterocycles. The van der Waals surface area contributed by atoms with Crippen LogP contribution in [0, 0.1) is 35.5 Å². The average Bonchev–Trinajstić information content (AvgIpc) is 2.75. The second-order valence-electron chi connectivity index (χ2n) is 5.46. The fourth-order valence-electron chi connectivity index (χ4n) is 4.19. The second-order valence-corrected chi connectivity index (χ2v) is 5.46. The number of carboxylic acids is 1. The van der Waals surface area contributed by atoms with Crippen LogP contribution in [0.2, 0.25) is 0 Å². The minimum Gasteiger partial charge on any atom is -0.481 e. The molecule has 0 bridgehead atoms. The first-order chi connectivity index (χ1) is 7.63. The number of carbonyl (C=O) groups is 2. The van der Waals surface area contributed by atoms with Crippen molar-refractivity contribution in [1.29, 1.82) is 0 Å². The summed E-state index contributed by atoms with van der Waals surface area (Å²) in [6.45, 7) is 0. The van der Waals surface area contributed by atoms with E-state index in [1.54, 1.807) is 0 Å². The van der Waals surface area contributed by atoms with Crippen LogP contribution in [0.15, 0.2) is 0 Å². The molecule has 0 aliphatic heterocycles. The highest BCUT2D eigenvalue weighted by molar-refractivity contribution is 5.82. The van der Waals surface area contributed by atoms with E-state index in [2.05, 4.69) is 0 Å². The maximum absolute atomic E-state index is 11.6. The van der Waals surface area contributed by atoms with Gasteiger partial charge in [-0.25, -0.2) is 0 Å². The van der Waals surface area contributed by atoms with E-state index in [9.17, 15) is 14.7 Å². The van der Waals surface area contributed by atoms with Gasteiger partial charge in [0.1, 0.15) is 0 Å². The van der Waals surface area contributed by atoms with Crippen molar-refractivity contribution in [3.63, 3.8) is 0 Å². The van der Waals surface area contributed by atoms with Gasteiger partial charge in [0.25, 0.3) is 0 Å². The van der Waals surface area contributed by atoms with Crippen LogP contribution >= 0.6 is 0 Å². The van der Waals surface area contributed by atoms with Crippen molar-refractivity contribution in [3.05, 3.63) is 0 Å². The van der Waals surface area contributed by atoms with Gasteiger partial charge in [-0.1, -0.05) is 0 Å². The van der Waals surface area contributed by atoms with Crippen LogP contribution in [0.25, 0.3) is 0 Å². The standard InChI is InChI=1S/C12H16O4/c1-16-12(15)8-4-6-2-5-3-7(5)9(6)10(8)11(13)14/h5-10H,2-4H2,1H3,(H,13,14). The highest BCUT2D eigenvalue weighted by Crippen LogP contribution is 2.66. The quantitative estimate of drug-likeness (QED) is 0.715. The normalized spacial score (nSPS) is 48.3. The average molecular weight is 224 g/mol. The number of aliphatic carboxylic acids is 1. The van der Waals surface area contributed by atoms with Crippen molar-refractivity contribution in [2.75, 3.05) is 7.11 Å². The van der Waals surface area contributed by atoms with Crippen LogP contribution in [-0.2, 0) is 14.3 Å². The van der Waals surface area contributed by atoms with Gasteiger partial charge < -0.3 is 9.84 Å². The summed E-state index contributed by atoms with van der Waals surface area (Å²) >= 11 is 0. The predicted molar refractivity (Wildman–Crippen MR) is 54.4 cm³/mol. The van der Waals surface area contributed by atoms with Gasteiger partial charge in [0.15, 0.2) is 0 Å². The topological polar surface area (TPSA) is 63.6 Å². The van der Waals surface area contributed by atoms with Crippen molar-refractivity contribution >= 4 is 11.9 Å². The molecule has 3 fully saturated rings. The number of rotatable bonds is 2. The van der Waals surface area contributed by atoms with Crippen molar-refractivity contribution in [2.24, 2.45) is 35.5 Å². The molecule has 0 aromatic carbocycles. The summed E-state index contributed by atoms with van der Waals surface area (Å²) in [5, 5.41) is 9.30. The molecule has 3 saturated carbocycles. The van der Waals surface area contributed by atoms with Gasteiger partial charge in [0.05, 0.1) is 18.9 Å². The lowest BCUT2D eigenvalue weighted by atomic mass is 9.85. The Balaban J connectivity index is 1.86. The van der Waals surface area contributed by atoms with Gasteiger partial charge in [0.2, 0.25) is 0 Å². The summed E-state index contributed by atoms with van der Waals surface area (Å²) in [4.78, 5) is 22.9. The lowest BCUT2D eigenvalue weighted by Gasteiger charge is -2.19. The maximum Gasteiger partial charge on any atom is 0.309 e. The van der Waals surface area contributed by atoms with Crippen molar-refractivity contribution in [1.82, 2.24) is 0 Å². The number of carboxylic acid groups (broad SMARTS) is 1. The Morgan fingerprint density at radius 1 is 1.19 bits per heavy atom. The molecule has 3 aliphatic carbocycles. The Labute approximate surface area is 94.0 Å². The number of hydrogen-bond acceptors (Lipinski definition) is 3. The summed E-state index contributed by atoms with van der Waals surface area (Å²) in [6, 6.07) is 0. The first-order valence-corrected chi connectivity index (χ1v) is 5.94. The van der Waals surface area contributed by atoms with E-state index < -0.39 is 17.8 Å². The molecule has 6 unspecified atom stereocenters. The summed E-state index contributed by atoms with van der Waals surface area (Å²) in [5.74, 6) is 0.000188. The molecule has 0 aromatic heterocycles. The third-order valence-corrected chi connectivity index (χ3v) is 4.82. The number of carbonyl (C=O) groups excluding carboxylic acids is 1. The van der Waals surface area contributed by atoms with E-state index in [1.807, 2.05) is 0 Å². The molecule has 6 atom stereocenters. The van der Waals surface area contributed by atoms with Gasteiger partial charge in [0, 0.05) is 0 Å². The minimum atomic E-state index is -0.810. The van der Waals surface area contributed by atoms with Crippen LogP contribution in [0.4, 0.5) is 0 Å². The molecule has 4 heteroatoms. The van der Waals surface area contributed by atoms with Crippen LogP contribution in [0.5, 0.6) is 0 Å². The molecule has 0 aromatic rings. The molecule has 3 aliphatic rings. The largest absolute Gasteiger partial charge is 0.481 e. The zero-order valence-corrected chi connectivity index (χ0v) is 9.26. The highest BCUT2D eigenvalue weighted by Gasteiger charge is 2.63. The first kappa shape index (κ1) is 10.1. The molecule has 0 spiro atoms. The Morgan fingerprint density at radius 3 is 2.56 bits per heavy atom. The highest BCUT2D eigenvalue weighted by atomic mass is 16.5. The van der Waals surface area contributed by atoms with Crippen LogP contribution in [-0.4, -0.2) is 24.2 Å². The van der Waals surface area contributed by atoms with Crippen LogP contribution < -0.4 is 0 Å². The van der Waals surface area contributed by atoms with E-state index in [-0.39, 0.29) is 11.9 Å². The smallest absolute Gasteiger partial charge is 0.309 e. The number of ether oxygens (including phenoxy) is 1. The van der Waals surface area contributed by atoms with E-state index in [0.717, 1.165) is 18.8 Å². The lowest BCUT2D eigenvalue weighted by Crippen LogP contribution is -2.31. The molecule has 1 N–H and O–H groups in total. The minimum absolute atomic E-state index is 0.242. The number of hydrogen-bond donors (Lipinski definition) is 1. The number of fused-ring (bicyclic) bond motifs is 3. The molecular weight excluding hydrogens is 208 g/mol. The summed E-state index contributed by atoms with van der Waals surface area (Å²) < 4.78 is 4.73. The molecule has 0 amide bonds. The third kappa shape index (κ3) is 1.22. The van der Waals surface area contributed by atoms with Crippen molar-refractivity contribution in [2.45, 2.75) is 19.3 Å². The first-order valence-electron chi connectivity index (χ1n) is 5.94. The molecule has 0 saturated heterocycles. The number of esters is 1. The fourth-order valence-corrected chi connectivity index (χ4v) is 4.19. The van der Waals surface area contributed by atoms with Gasteiger partial charge in [-0.3, -0.25) is 9.59 Å². The fraction of sp³-hybridized carbons (Fsp3) is 0.833. The molecule has 16 heavy (non-hydrogen) atoms. The van der Waals surface area contributed by atoms with Crippen molar-refractivity contribution < 1.29 is 19.4 Å². The van der Waals surface area contributed by atoms with Crippen molar-refractivity contribution in [3.8, 4) is 0 Å². The Morgan fingerprint density at radius 2 is 1.94 bits per heavy atom. The van der Waals surface area contributed by atoms with Gasteiger partial charge in [-0.2, -0.15) is 0 Å². The molecule has 0 radical (unpaired) electrons. The second kappa shape index (κ2) is 3.22. The summed E-state index contributed by atoms with van der Waals surface area (Å²) in [5.41, 5.74) is 0. The molecule has 4 nitrogen and oxygen atoms in total. The monoisotopic (exact) mass is 224 g/mol. The molecule has 88 valence electrons. The zero-order valence-electron chi connectivity index (χ0n) is 9.26. The Bertz CT molecular complexity index is 351. The predicted octanol–water partition coefficient (Wildman–Crippen LogP) is 1.15. The van der Waals surface area contributed by atoms with Gasteiger partial charge >= 0.3 is 11.9 Å². The zero-order chi connectivity index (χ0) is 11.4. The SMILES string of the molecule is COC(=O)C1CC2CC3CC3C2C1C(=O)O. The Hall–Kier alpha value is -1.06. The van der Waals surface area contributed by atoms with E-state index in [0.29, 0.717) is 11.8 Å². The Kier molecular flexibility index (Phi) is 2.03. The van der Waals surface area contributed by atoms with Crippen LogP contribution in [0.1, 0.15) is 19.3 Å². The summed E-state index contributed by atoms with van der Waals surface area (Å²) in [6.07, 6.45) is 3.03. The number of methoxy groups -OCH3 is 1. The van der Waals surface area contributed by atoms with Crippen LogP contribution in [0.3, 0.4) is 0 Å². The maximum atomic E-state index is 11.6. The summed E-state index contributed by atoms with van der Waals surface area (Å²) in [7, 11) is 1.34. The molecular formula is C12H16O4. The third-order valence-electron chi connectivity index (χ3n) is 4.82. The van der Waals surface area contributed by atoms with E-state index >= 15 is 0 Å².